The van der Waals surface area contributed by atoms with Gasteiger partial charge in [-0.25, -0.2) is 0 Å². The van der Waals surface area contributed by atoms with Crippen molar-refractivity contribution in [1.29, 1.82) is 0 Å². The van der Waals surface area contributed by atoms with E-state index in [-0.39, 0.29) is 11.5 Å². The molecule has 2 N–H and O–H groups in total. The van der Waals surface area contributed by atoms with Crippen LogP contribution in [0.15, 0.2) is 48.5 Å². The molecule has 0 spiro atoms. The maximum absolute atomic E-state index is 9.72. The van der Waals surface area contributed by atoms with Crippen LogP contribution in [0.3, 0.4) is 0 Å². The molecule has 0 fully saturated rings. The molecule has 0 bridgehead atoms. The Balaban J connectivity index is 2.34. The van der Waals surface area contributed by atoms with Crippen molar-refractivity contribution in [2.24, 2.45) is 0 Å². The monoisotopic (exact) mass is 226 g/mol. The van der Waals surface area contributed by atoms with Gasteiger partial charge in [-0.1, -0.05) is 36.4 Å². The standard InChI is InChI=1S/C15H14O2/c1-11(14-4-2-3-5-15(14)17)10-12-6-8-13(16)9-7-12/h2-10,16-17H,1H3. The molecule has 0 amide bonds. The molecule has 0 saturated carbocycles. The van der Waals surface area contributed by atoms with Crippen LogP contribution in [0.2, 0.25) is 0 Å². The molecule has 2 nitrogen and oxygen atoms in total. The first-order valence-corrected chi connectivity index (χ1v) is 5.42. The van der Waals surface area contributed by atoms with Crippen molar-refractivity contribution in [3.05, 3.63) is 59.7 Å². The normalized spacial score (nSPS) is 11.5. The van der Waals surface area contributed by atoms with Crippen molar-refractivity contribution in [2.75, 3.05) is 0 Å². The van der Waals surface area contributed by atoms with Crippen molar-refractivity contribution in [1.82, 2.24) is 0 Å². The molecule has 0 atom stereocenters. The molecule has 0 radical (unpaired) electrons. The van der Waals surface area contributed by atoms with Gasteiger partial charge in [-0.05, 0) is 36.3 Å². The van der Waals surface area contributed by atoms with E-state index in [2.05, 4.69) is 0 Å². The van der Waals surface area contributed by atoms with E-state index in [9.17, 15) is 10.2 Å². The molecule has 0 unspecified atom stereocenters. The minimum atomic E-state index is 0.252. The third-order valence-corrected chi connectivity index (χ3v) is 2.61. The number of rotatable bonds is 2. The summed E-state index contributed by atoms with van der Waals surface area (Å²) in [6.45, 7) is 1.95. The van der Waals surface area contributed by atoms with Crippen LogP contribution in [0.25, 0.3) is 11.6 Å². The van der Waals surface area contributed by atoms with Crippen molar-refractivity contribution < 1.29 is 10.2 Å². The highest BCUT2D eigenvalue weighted by atomic mass is 16.3. The highest BCUT2D eigenvalue weighted by Crippen LogP contribution is 2.26. The summed E-state index contributed by atoms with van der Waals surface area (Å²) in [6.07, 6.45) is 1.97. The SMILES string of the molecule is CC(=Cc1ccc(O)cc1)c1ccccc1O. The number of hydrogen-bond donors (Lipinski definition) is 2. The van der Waals surface area contributed by atoms with Gasteiger partial charge in [-0.15, -0.1) is 0 Å². The van der Waals surface area contributed by atoms with Gasteiger partial charge in [0.1, 0.15) is 11.5 Å². The predicted molar refractivity (Wildman–Crippen MR) is 69.8 cm³/mol. The van der Waals surface area contributed by atoms with Gasteiger partial charge in [0.2, 0.25) is 0 Å². The van der Waals surface area contributed by atoms with Crippen LogP contribution in [0.5, 0.6) is 11.5 Å². The first-order chi connectivity index (χ1) is 8.16. The molecule has 0 saturated heterocycles. The fourth-order valence-corrected chi connectivity index (χ4v) is 1.71. The smallest absolute Gasteiger partial charge is 0.123 e. The molecule has 2 rings (SSSR count). The topological polar surface area (TPSA) is 40.5 Å². The average Bonchev–Trinajstić information content (AvgIpc) is 2.32. The van der Waals surface area contributed by atoms with Crippen LogP contribution in [0.4, 0.5) is 0 Å². The van der Waals surface area contributed by atoms with Crippen molar-refractivity contribution in [3.63, 3.8) is 0 Å². The van der Waals surface area contributed by atoms with E-state index in [0.717, 1.165) is 16.7 Å². The number of benzene rings is 2. The van der Waals surface area contributed by atoms with Gasteiger partial charge in [-0.3, -0.25) is 0 Å². The molecule has 0 aromatic heterocycles. The summed E-state index contributed by atoms with van der Waals surface area (Å²) in [6, 6.07) is 14.2. The first-order valence-electron chi connectivity index (χ1n) is 5.42. The Morgan fingerprint density at radius 1 is 0.941 bits per heavy atom. The molecular formula is C15H14O2. The lowest BCUT2D eigenvalue weighted by molar-refractivity contribution is 0.473. The van der Waals surface area contributed by atoms with Gasteiger partial charge < -0.3 is 10.2 Å². The number of phenols is 2. The summed E-state index contributed by atoms with van der Waals surface area (Å²) in [5.41, 5.74) is 2.79. The third kappa shape index (κ3) is 2.67. The highest BCUT2D eigenvalue weighted by Gasteiger charge is 2.01. The summed E-state index contributed by atoms with van der Waals surface area (Å²) < 4.78 is 0. The van der Waals surface area contributed by atoms with Crippen LogP contribution in [-0.4, -0.2) is 10.2 Å². The minimum Gasteiger partial charge on any atom is -0.508 e. The number of para-hydroxylation sites is 1. The van der Waals surface area contributed by atoms with Crippen LogP contribution in [0, 0.1) is 0 Å². The molecule has 0 heterocycles. The Hall–Kier alpha value is -2.22. The second kappa shape index (κ2) is 4.74. The molecule has 86 valence electrons. The Labute approximate surface area is 100 Å². The lowest BCUT2D eigenvalue weighted by Crippen LogP contribution is -1.81. The van der Waals surface area contributed by atoms with Crippen LogP contribution >= 0.6 is 0 Å². The number of hydrogen-bond acceptors (Lipinski definition) is 2. The van der Waals surface area contributed by atoms with Crippen molar-refractivity contribution >= 4 is 11.6 Å². The molecule has 0 aliphatic heterocycles. The largest absolute Gasteiger partial charge is 0.508 e. The number of phenolic OH excluding ortho intramolecular Hbond substituents is 2. The Morgan fingerprint density at radius 2 is 1.59 bits per heavy atom. The second-order valence-corrected chi connectivity index (χ2v) is 3.94. The number of allylic oxidation sites excluding steroid dienone is 1. The summed E-state index contributed by atoms with van der Waals surface area (Å²) in [5.74, 6) is 0.530. The van der Waals surface area contributed by atoms with Gasteiger partial charge in [-0.2, -0.15) is 0 Å². The van der Waals surface area contributed by atoms with E-state index in [0.29, 0.717) is 0 Å². The number of aromatic hydroxyl groups is 2. The van der Waals surface area contributed by atoms with E-state index in [1.807, 2.05) is 37.3 Å². The molecule has 17 heavy (non-hydrogen) atoms. The maximum Gasteiger partial charge on any atom is 0.123 e. The zero-order valence-electron chi connectivity index (χ0n) is 9.59. The van der Waals surface area contributed by atoms with Crippen molar-refractivity contribution in [2.45, 2.75) is 6.92 Å². The third-order valence-electron chi connectivity index (χ3n) is 2.61. The zero-order valence-corrected chi connectivity index (χ0v) is 9.59. The van der Waals surface area contributed by atoms with Crippen LogP contribution in [-0.2, 0) is 0 Å². The summed E-state index contributed by atoms with van der Waals surface area (Å²) in [7, 11) is 0. The summed E-state index contributed by atoms with van der Waals surface area (Å²) >= 11 is 0. The van der Waals surface area contributed by atoms with Crippen molar-refractivity contribution in [3.8, 4) is 11.5 Å². The van der Waals surface area contributed by atoms with E-state index in [1.165, 1.54) is 0 Å². The lowest BCUT2D eigenvalue weighted by Gasteiger charge is -2.04. The fraction of sp³-hybridized carbons (Fsp3) is 0.0667. The van der Waals surface area contributed by atoms with E-state index < -0.39 is 0 Å². The predicted octanol–water partition coefficient (Wildman–Crippen LogP) is 3.66. The molecule has 2 aromatic carbocycles. The quantitative estimate of drug-likeness (QED) is 0.767. The van der Waals surface area contributed by atoms with Gasteiger partial charge in [0, 0.05) is 5.56 Å². The Kier molecular flexibility index (Phi) is 3.15. The van der Waals surface area contributed by atoms with Crippen LogP contribution in [0.1, 0.15) is 18.1 Å². The van der Waals surface area contributed by atoms with Gasteiger partial charge in [0.15, 0.2) is 0 Å². The summed E-state index contributed by atoms with van der Waals surface area (Å²) in [4.78, 5) is 0. The van der Waals surface area contributed by atoms with E-state index in [1.54, 1.807) is 24.3 Å². The highest BCUT2D eigenvalue weighted by molar-refractivity contribution is 5.82. The maximum atomic E-state index is 9.72. The summed E-state index contributed by atoms with van der Waals surface area (Å²) in [5, 5.41) is 18.9. The van der Waals surface area contributed by atoms with Gasteiger partial charge in [0.05, 0.1) is 0 Å². The van der Waals surface area contributed by atoms with Gasteiger partial charge >= 0.3 is 0 Å². The van der Waals surface area contributed by atoms with Gasteiger partial charge in [0.25, 0.3) is 0 Å². The zero-order chi connectivity index (χ0) is 12.3. The van der Waals surface area contributed by atoms with E-state index in [4.69, 9.17) is 0 Å². The minimum absolute atomic E-state index is 0.252. The molecule has 2 heteroatoms. The van der Waals surface area contributed by atoms with Crippen LogP contribution < -0.4 is 0 Å². The molecule has 0 aliphatic rings. The first kappa shape index (κ1) is 11.3. The average molecular weight is 226 g/mol. The lowest BCUT2D eigenvalue weighted by atomic mass is 10.0. The second-order valence-electron chi connectivity index (χ2n) is 3.94. The molecule has 0 aliphatic carbocycles. The Bertz CT molecular complexity index is 539. The fourth-order valence-electron chi connectivity index (χ4n) is 1.71. The molecule has 2 aromatic rings. The molecular weight excluding hydrogens is 212 g/mol. The van der Waals surface area contributed by atoms with E-state index >= 15 is 0 Å². The Morgan fingerprint density at radius 3 is 2.24 bits per heavy atom.